The van der Waals surface area contributed by atoms with Crippen LogP contribution in [0.5, 0.6) is 0 Å². The van der Waals surface area contributed by atoms with E-state index in [1.54, 1.807) is 0 Å². The lowest BCUT2D eigenvalue weighted by Gasteiger charge is -2.34. The number of nitrogens with zero attached hydrogens (tertiary/aromatic N) is 2. The average molecular weight is 342 g/mol. The minimum absolute atomic E-state index is 0.129. The zero-order valence-electron chi connectivity index (χ0n) is 15.5. The topological polar surface area (TPSA) is 40.6 Å². The molecule has 1 unspecified atom stereocenters. The lowest BCUT2D eigenvalue weighted by Crippen LogP contribution is -2.47. The van der Waals surface area contributed by atoms with Crippen LogP contribution >= 0.6 is 0 Å². The summed E-state index contributed by atoms with van der Waals surface area (Å²) in [4.78, 5) is 29.4. The van der Waals surface area contributed by atoms with Gasteiger partial charge in [0.05, 0.1) is 5.92 Å². The molecule has 0 aromatic heterocycles. The van der Waals surface area contributed by atoms with Crippen LogP contribution in [0.3, 0.4) is 0 Å². The van der Waals surface area contributed by atoms with Gasteiger partial charge in [0.1, 0.15) is 0 Å². The normalized spacial score (nSPS) is 21.3. The summed E-state index contributed by atoms with van der Waals surface area (Å²) in [5.74, 6) is 0.160. The van der Waals surface area contributed by atoms with E-state index in [1.165, 1.54) is 18.4 Å². The van der Waals surface area contributed by atoms with Crippen molar-refractivity contribution >= 4 is 11.8 Å². The van der Waals surface area contributed by atoms with Crippen molar-refractivity contribution in [2.75, 3.05) is 13.1 Å². The van der Waals surface area contributed by atoms with E-state index in [0.29, 0.717) is 25.6 Å². The van der Waals surface area contributed by atoms with E-state index in [4.69, 9.17) is 0 Å². The first-order chi connectivity index (χ1) is 12.1. The molecule has 0 N–H and O–H groups in total. The second-order valence-corrected chi connectivity index (χ2v) is 7.75. The minimum atomic E-state index is -0.161. The standard InChI is InChI=1S/C21H30N2O2/c1-16(2)23(19-10-6-7-11-19)21(25)18-14-20(24)22(15-18)13-12-17-8-4-3-5-9-17/h3-5,8-9,16,18-19H,6-7,10-15H2,1-2H3. The summed E-state index contributed by atoms with van der Waals surface area (Å²) in [5.41, 5.74) is 1.24. The van der Waals surface area contributed by atoms with Crippen LogP contribution in [-0.2, 0) is 16.0 Å². The first-order valence-corrected chi connectivity index (χ1v) is 9.70. The highest BCUT2D eigenvalue weighted by atomic mass is 16.2. The molecule has 2 aliphatic rings. The van der Waals surface area contributed by atoms with E-state index < -0.39 is 0 Å². The van der Waals surface area contributed by atoms with Crippen molar-refractivity contribution in [3.8, 4) is 0 Å². The predicted molar refractivity (Wildman–Crippen MR) is 99.1 cm³/mol. The van der Waals surface area contributed by atoms with E-state index in [9.17, 15) is 9.59 Å². The third kappa shape index (κ3) is 4.23. The fraction of sp³-hybridized carbons (Fsp3) is 0.619. The van der Waals surface area contributed by atoms with E-state index in [2.05, 4.69) is 30.9 Å². The van der Waals surface area contributed by atoms with Gasteiger partial charge in [0.2, 0.25) is 11.8 Å². The maximum atomic E-state index is 13.1. The lowest BCUT2D eigenvalue weighted by molar-refractivity contribution is -0.140. The van der Waals surface area contributed by atoms with Crippen molar-refractivity contribution in [3.63, 3.8) is 0 Å². The van der Waals surface area contributed by atoms with Gasteiger partial charge in [-0.3, -0.25) is 9.59 Å². The quantitative estimate of drug-likeness (QED) is 0.796. The average Bonchev–Trinajstić information content (AvgIpc) is 3.24. The molecular weight excluding hydrogens is 312 g/mol. The molecule has 2 amide bonds. The molecule has 0 spiro atoms. The molecule has 0 radical (unpaired) electrons. The van der Waals surface area contributed by atoms with Gasteiger partial charge in [0.25, 0.3) is 0 Å². The number of carbonyl (C=O) groups excluding carboxylic acids is 2. The van der Waals surface area contributed by atoms with Crippen molar-refractivity contribution in [3.05, 3.63) is 35.9 Å². The number of hydrogen-bond donors (Lipinski definition) is 0. The number of likely N-dealkylation sites (tertiary alicyclic amines) is 1. The Labute approximate surface area is 151 Å². The van der Waals surface area contributed by atoms with E-state index in [1.807, 2.05) is 23.1 Å². The highest BCUT2D eigenvalue weighted by Crippen LogP contribution is 2.29. The van der Waals surface area contributed by atoms with Crippen LogP contribution in [0.2, 0.25) is 0 Å². The SMILES string of the molecule is CC(C)N(C(=O)C1CC(=O)N(CCc2ccccc2)C1)C1CCCC1. The van der Waals surface area contributed by atoms with Gasteiger partial charge in [0, 0.05) is 31.6 Å². The van der Waals surface area contributed by atoms with Gasteiger partial charge in [-0.05, 0) is 38.7 Å². The number of carbonyl (C=O) groups is 2. The summed E-state index contributed by atoms with van der Waals surface area (Å²) < 4.78 is 0. The van der Waals surface area contributed by atoms with E-state index >= 15 is 0 Å². The minimum Gasteiger partial charge on any atom is -0.342 e. The molecule has 2 fully saturated rings. The molecule has 1 atom stereocenters. The molecular formula is C21H30N2O2. The molecule has 1 aromatic rings. The third-order valence-corrected chi connectivity index (χ3v) is 5.61. The van der Waals surface area contributed by atoms with Crippen LogP contribution in [0.1, 0.15) is 51.5 Å². The third-order valence-electron chi connectivity index (χ3n) is 5.61. The molecule has 4 nitrogen and oxygen atoms in total. The molecule has 1 aliphatic carbocycles. The Bertz CT molecular complexity index is 593. The van der Waals surface area contributed by atoms with Gasteiger partial charge in [0.15, 0.2) is 0 Å². The van der Waals surface area contributed by atoms with Crippen molar-refractivity contribution in [1.82, 2.24) is 9.80 Å². The summed E-state index contributed by atoms with van der Waals surface area (Å²) in [6, 6.07) is 10.8. The largest absolute Gasteiger partial charge is 0.342 e. The zero-order valence-corrected chi connectivity index (χ0v) is 15.5. The van der Waals surface area contributed by atoms with Crippen LogP contribution in [0.15, 0.2) is 30.3 Å². The number of hydrogen-bond acceptors (Lipinski definition) is 2. The molecule has 1 saturated carbocycles. The van der Waals surface area contributed by atoms with Crippen LogP contribution in [0, 0.1) is 5.92 Å². The first-order valence-electron chi connectivity index (χ1n) is 9.70. The summed E-state index contributed by atoms with van der Waals surface area (Å²) in [6.07, 6.45) is 5.89. The molecule has 1 saturated heterocycles. The Morgan fingerprint density at radius 2 is 1.88 bits per heavy atom. The van der Waals surface area contributed by atoms with Gasteiger partial charge in [-0.1, -0.05) is 43.2 Å². The Balaban J connectivity index is 1.59. The highest BCUT2D eigenvalue weighted by molar-refractivity contribution is 5.89. The van der Waals surface area contributed by atoms with Crippen LogP contribution in [0.25, 0.3) is 0 Å². The summed E-state index contributed by atoms with van der Waals surface area (Å²) in [7, 11) is 0. The monoisotopic (exact) mass is 342 g/mol. The van der Waals surface area contributed by atoms with Crippen molar-refractivity contribution in [2.45, 2.75) is 64.5 Å². The fourth-order valence-corrected chi connectivity index (χ4v) is 4.31. The summed E-state index contributed by atoms with van der Waals surface area (Å²) in [6.45, 7) is 5.48. The maximum absolute atomic E-state index is 13.1. The first kappa shape index (κ1) is 18.0. The Morgan fingerprint density at radius 3 is 2.52 bits per heavy atom. The Hall–Kier alpha value is -1.84. The summed E-state index contributed by atoms with van der Waals surface area (Å²) in [5, 5.41) is 0. The molecule has 0 bridgehead atoms. The number of amides is 2. The fourth-order valence-electron chi connectivity index (χ4n) is 4.31. The van der Waals surface area contributed by atoms with Crippen LogP contribution in [0.4, 0.5) is 0 Å². The molecule has 1 aliphatic heterocycles. The summed E-state index contributed by atoms with van der Waals surface area (Å²) >= 11 is 0. The Kier molecular flexibility index (Phi) is 5.77. The molecule has 25 heavy (non-hydrogen) atoms. The van der Waals surface area contributed by atoms with Crippen molar-refractivity contribution in [1.29, 1.82) is 0 Å². The van der Waals surface area contributed by atoms with E-state index in [0.717, 1.165) is 19.3 Å². The Morgan fingerprint density at radius 1 is 1.20 bits per heavy atom. The van der Waals surface area contributed by atoms with Crippen LogP contribution < -0.4 is 0 Å². The zero-order chi connectivity index (χ0) is 17.8. The molecule has 4 heteroatoms. The molecule has 1 aromatic carbocycles. The number of benzene rings is 1. The molecule has 3 rings (SSSR count). The maximum Gasteiger partial charge on any atom is 0.228 e. The van der Waals surface area contributed by atoms with Gasteiger partial charge < -0.3 is 9.80 Å². The van der Waals surface area contributed by atoms with Crippen molar-refractivity contribution < 1.29 is 9.59 Å². The second-order valence-electron chi connectivity index (χ2n) is 7.75. The molecule has 1 heterocycles. The smallest absolute Gasteiger partial charge is 0.228 e. The lowest BCUT2D eigenvalue weighted by atomic mass is 10.0. The van der Waals surface area contributed by atoms with Gasteiger partial charge in [-0.25, -0.2) is 0 Å². The predicted octanol–water partition coefficient (Wildman–Crippen LogP) is 3.26. The van der Waals surface area contributed by atoms with Gasteiger partial charge in [-0.2, -0.15) is 0 Å². The van der Waals surface area contributed by atoms with E-state index in [-0.39, 0.29) is 23.8 Å². The second kappa shape index (κ2) is 8.03. The van der Waals surface area contributed by atoms with Crippen molar-refractivity contribution in [2.24, 2.45) is 5.92 Å². The van der Waals surface area contributed by atoms with Crippen LogP contribution in [-0.4, -0.2) is 46.8 Å². The highest BCUT2D eigenvalue weighted by Gasteiger charge is 2.39. The van der Waals surface area contributed by atoms with Gasteiger partial charge >= 0.3 is 0 Å². The molecule has 136 valence electrons. The number of rotatable bonds is 6. The van der Waals surface area contributed by atoms with Gasteiger partial charge in [-0.15, -0.1) is 0 Å².